The summed E-state index contributed by atoms with van der Waals surface area (Å²) in [5, 5.41) is 1.91. The van der Waals surface area contributed by atoms with Crippen LogP contribution >= 0.6 is 11.8 Å². The van der Waals surface area contributed by atoms with Gasteiger partial charge in [0.2, 0.25) is 0 Å². The van der Waals surface area contributed by atoms with E-state index in [2.05, 4.69) is 16.7 Å². The maximum atomic E-state index is 6.98. The van der Waals surface area contributed by atoms with Crippen LogP contribution in [0.3, 0.4) is 0 Å². The van der Waals surface area contributed by atoms with Gasteiger partial charge in [-0.25, -0.2) is 0 Å². The lowest BCUT2D eigenvalue weighted by Crippen LogP contribution is -2.57. The van der Waals surface area contributed by atoms with Gasteiger partial charge in [-0.15, -0.1) is 0 Å². The molecule has 17 atom stereocenters. The highest BCUT2D eigenvalue weighted by Crippen LogP contribution is 2.64. The lowest BCUT2D eigenvalue weighted by Gasteiger charge is -2.55. The maximum Gasteiger partial charge on any atom is 0.0621 e. The molecular formula is C56H91NOS. The van der Waals surface area contributed by atoms with Crippen molar-refractivity contribution in [1.29, 1.82) is 0 Å². The van der Waals surface area contributed by atoms with Crippen LogP contribution in [0.25, 0.3) is 0 Å². The van der Waals surface area contributed by atoms with Crippen LogP contribution < -0.4 is 0 Å². The molecule has 332 valence electrons. The van der Waals surface area contributed by atoms with Crippen molar-refractivity contribution in [3.63, 3.8) is 0 Å². The van der Waals surface area contributed by atoms with E-state index >= 15 is 0 Å². The van der Waals surface area contributed by atoms with Crippen molar-refractivity contribution in [1.82, 2.24) is 4.90 Å². The Bertz CT molecular complexity index is 1330. The Hall–Kier alpha value is 0.270. The standard InChI is InChI=1S/C56H91NOS/c1-3-12-40-34-42(22-20-36(40)10-1)38-24-28-44(29-25-38)57(45-30-26-39(27-31-45)43-23-21-37-11-2-4-13-41(37)35-43)51-18-7-5-14-46(51)47-16-9-17-48-49-32-33-53-54(56(49)59-55(47)48)50-15-6-8-19-52(50)58-53/h36-56H,1-35H2. The first-order chi connectivity index (χ1) is 29.2. The quantitative estimate of drug-likeness (QED) is 0.265. The Morgan fingerprint density at radius 1 is 0.305 bits per heavy atom. The Labute approximate surface area is 368 Å². The van der Waals surface area contributed by atoms with Crippen LogP contribution in [0.4, 0.5) is 0 Å². The zero-order valence-corrected chi connectivity index (χ0v) is 39.0. The number of nitrogens with zero attached hydrogens (tertiary/aromatic N) is 1. The highest BCUT2D eigenvalue weighted by atomic mass is 32.2. The third-order valence-electron chi connectivity index (χ3n) is 22.9. The van der Waals surface area contributed by atoms with Crippen LogP contribution in [0, 0.1) is 82.9 Å². The van der Waals surface area contributed by atoms with E-state index < -0.39 is 0 Å². The smallest absolute Gasteiger partial charge is 0.0621 e. The summed E-state index contributed by atoms with van der Waals surface area (Å²) >= 11 is 2.65. The minimum Gasteiger partial charge on any atom is -0.374 e. The zero-order chi connectivity index (χ0) is 38.9. The monoisotopic (exact) mass is 826 g/mol. The molecule has 10 aliphatic carbocycles. The lowest BCUT2D eigenvalue weighted by atomic mass is 9.61. The average molecular weight is 826 g/mol. The molecule has 12 fully saturated rings. The number of thioether (sulfide) groups is 1. The summed E-state index contributed by atoms with van der Waals surface area (Å²) in [6.45, 7) is 0. The molecule has 12 rings (SSSR count). The molecule has 2 heterocycles. The molecular weight excluding hydrogens is 735 g/mol. The fourth-order valence-corrected chi connectivity index (χ4v) is 22.8. The molecule has 3 heteroatoms. The van der Waals surface area contributed by atoms with Crippen molar-refractivity contribution in [2.75, 3.05) is 0 Å². The molecule has 0 aromatic rings. The van der Waals surface area contributed by atoms with E-state index in [1.54, 1.807) is 161 Å². The van der Waals surface area contributed by atoms with Crippen molar-refractivity contribution in [2.45, 2.75) is 266 Å². The Balaban J connectivity index is 0.774. The molecule has 0 aromatic carbocycles. The first-order valence-electron chi connectivity index (χ1n) is 28.3. The second kappa shape index (κ2) is 17.9. The molecule has 17 unspecified atom stereocenters. The van der Waals surface area contributed by atoms with Crippen molar-refractivity contribution < 1.29 is 4.74 Å². The predicted molar refractivity (Wildman–Crippen MR) is 247 cm³/mol. The molecule has 2 nitrogen and oxygen atoms in total. The van der Waals surface area contributed by atoms with E-state index in [0.717, 1.165) is 111 Å². The second-order valence-corrected chi connectivity index (χ2v) is 26.5. The van der Waals surface area contributed by atoms with Gasteiger partial charge in [0, 0.05) is 34.5 Å². The maximum absolute atomic E-state index is 6.98. The summed E-state index contributed by atoms with van der Waals surface area (Å²) in [6, 6.07) is 2.71. The van der Waals surface area contributed by atoms with Gasteiger partial charge >= 0.3 is 0 Å². The third kappa shape index (κ3) is 7.85. The summed E-state index contributed by atoms with van der Waals surface area (Å²) in [6.07, 6.45) is 55.5. The molecule has 0 bridgehead atoms. The van der Waals surface area contributed by atoms with E-state index in [4.69, 9.17) is 4.74 Å². The molecule has 0 amide bonds. The molecule has 12 aliphatic rings. The number of ether oxygens (including phenoxy) is 1. The first-order valence-corrected chi connectivity index (χ1v) is 29.3. The molecule has 0 N–H and O–H groups in total. The van der Waals surface area contributed by atoms with Crippen molar-refractivity contribution in [3.8, 4) is 0 Å². The summed E-state index contributed by atoms with van der Waals surface area (Å²) in [4.78, 5) is 3.50. The number of fused-ring (bicyclic) bond motifs is 9. The van der Waals surface area contributed by atoms with Gasteiger partial charge in [-0.2, -0.15) is 11.8 Å². The van der Waals surface area contributed by atoms with Crippen LogP contribution in [0.5, 0.6) is 0 Å². The second-order valence-electron chi connectivity index (χ2n) is 25.2. The van der Waals surface area contributed by atoms with Gasteiger partial charge in [-0.3, -0.25) is 4.90 Å². The molecule has 10 saturated carbocycles. The SMILES string of the molecule is C1CCC2CC(C3CCC(N(C4CCC(C5CCC6CCCCC6C5)CC4)C4CCCCC4C4CCCC5C6CCC7OC8CCCCC8C7C6SC54)CC3)CCC2C1. The fourth-order valence-electron chi connectivity index (χ4n) is 20.3. The molecule has 2 saturated heterocycles. The van der Waals surface area contributed by atoms with Crippen LogP contribution in [0.1, 0.15) is 225 Å². The van der Waals surface area contributed by atoms with E-state index in [1.807, 2.05) is 0 Å². The van der Waals surface area contributed by atoms with E-state index in [1.165, 1.54) is 64.2 Å². The first kappa shape index (κ1) is 40.8. The minimum atomic E-state index is 0.619. The lowest BCUT2D eigenvalue weighted by molar-refractivity contribution is -0.0439. The van der Waals surface area contributed by atoms with Gasteiger partial charge in [0.1, 0.15) is 0 Å². The molecule has 59 heavy (non-hydrogen) atoms. The predicted octanol–water partition coefficient (Wildman–Crippen LogP) is 15.1. The van der Waals surface area contributed by atoms with Crippen molar-refractivity contribution >= 4 is 11.8 Å². The Morgan fingerprint density at radius 3 is 1.39 bits per heavy atom. The molecule has 0 spiro atoms. The highest BCUT2D eigenvalue weighted by molar-refractivity contribution is 8.00. The third-order valence-corrected chi connectivity index (χ3v) is 24.9. The number of hydrogen-bond donors (Lipinski definition) is 0. The number of hydrogen-bond acceptors (Lipinski definition) is 3. The summed E-state index contributed by atoms with van der Waals surface area (Å²) in [7, 11) is 0. The van der Waals surface area contributed by atoms with Gasteiger partial charge < -0.3 is 4.74 Å². The van der Waals surface area contributed by atoms with E-state index in [0.29, 0.717) is 12.2 Å². The highest BCUT2D eigenvalue weighted by Gasteiger charge is 2.60. The summed E-state index contributed by atoms with van der Waals surface area (Å²) in [5.74, 6) is 14.6. The normalized spacial score (nSPS) is 53.9. The van der Waals surface area contributed by atoms with Crippen molar-refractivity contribution in [3.05, 3.63) is 0 Å². The van der Waals surface area contributed by atoms with Gasteiger partial charge in [-0.05, 0) is 218 Å². The van der Waals surface area contributed by atoms with Crippen molar-refractivity contribution in [2.24, 2.45) is 82.9 Å². The summed E-state index contributed by atoms with van der Waals surface area (Å²) < 4.78 is 6.98. The van der Waals surface area contributed by atoms with Crippen LogP contribution in [-0.4, -0.2) is 45.7 Å². The minimum absolute atomic E-state index is 0.619. The van der Waals surface area contributed by atoms with Crippen LogP contribution in [0.15, 0.2) is 0 Å². The fraction of sp³-hybridized carbons (Fsp3) is 1.00. The van der Waals surface area contributed by atoms with Gasteiger partial charge in [-0.1, -0.05) is 83.5 Å². The Kier molecular flexibility index (Phi) is 12.4. The van der Waals surface area contributed by atoms with Gasteiger partial charge in [0.25, 0.3) is 0 Å². The van der Waals surface area contributed by atoms with Crippen LogP contribution in [0.2, 0.25) is 0 Å². The molecule has 2 aliphatic heterocycles. The molecule has 0 aromatic heterocycles. The summed E-state index contributed by atoms with van der Waals surface area (Å²) in [5.41, 5.74) is 0. The largest absolute Gasteiger partial charge is 0.374 e. The topological polar surface area (TPSA) is 12.5 Å². The van der Waals surface area contributed by atoms with E-state index in [9.17, 15) is 0 Å². The zero-order valence-electron chi connectivity index (χ0n) is 38.1. The van der Waals surface area contributed by atoms with E-state index in [-0.39, 0.29) is 0 Å². The Morgan fingerprint density at radius 2 is 0.746 bits per heavy atom. The number of rotatable bonds is 6. The van der Waals surface area contributed by atoms with Crippen LogP contribution in [-0.2, 0) is 4.74 Å². The van der Waals surface area contributed by atoms with Gasteiger partial charge in [0.15, 0.2) is 0 Å². The molecule has 0 radical (unpaired) electrons. The van der Waals surface area contributed by atoms with Gasteiger partial charge in [0.05, 0.1) is 12.2 Å². The average Bonchev–Trinajstić information content (AvgIpc) is 3.88.